The van der Waals surface area contributed by atoms with Crippen LogP contribution in [0.3, 0.4) is 0 Å². The van der Waals surface area contributed by atoms with Crippen molar-refractivity contribution in [3.8, 4) is 0 Å². The molecule has 1 heterocycles. The van der Waals surface area contributed by atoms with Gasteiger partial charge in [0.25, 0.3) is 0 Å². The van der Waals surface area contributed by atoms with E-state index in [4.69, 9.17) is 0 Å². The number of hydrogen-bond donors (Lipinski definition) is 1. The molecule has 1 aliphatic rings. The largest absolute Gasteiger partial charge is 0.309 e. The first-order chi connectivity index (χ1) is 7.06. The molecule has 15 heavy (non-hydrogen) atoms. The molecule has 0 aromatic carbocycles. The maximum atomic E-state index is 4.04. The van der Waals surface area contributed by atoms with Gasteiger partial charge in [-0.3, -0.25) is 0 Å². The molecule has 1 saturated carbocycles. The number of hydrogen-bond acceptors (Lipinski definition) is 4. The maximum Gasteiger partial charge on any atom is 0.165 e. The van der Waals surface area contributed by atoms with Gasteiger partial charge < -0.3 is 5.32 Å². The Morgan fingerprint density at radius 2 is 2.13 bits per heavy atom. The summed E-state index contributed by atoms with van der Waals surface area (Å²) in [5.41, 5.74) is 0.303. The first-order valence-electron chi connectivity index (χ1n) is 5.54. The third-order valence-electron chi connectivity index (χ3n) is 2.39. The molecule has 0 unspecified atom stereocenters. The minimum absolute atomic E-state index is 0.303. The Morgan fingerprint density at radius 3 is 2.73 bits per heavy atom. The Morgan fingerprint density at radius 1 is 1.40 bits per heavy atom. The van der Waals surface area contributed by atoms with Crippen LogP contribution in [-0.4, -0.2) is 26.8 Å². The van der Waals surface area contributed by atoms with E-state index in [-0.39, 0.29) is 0 Å². The van der Waals surface area contributed by atoms with Crippen molar-refractivity contribution in [1.82, 2.24) is 25.5 Å². The SMILES string of the molecule is CC(C)(C)CNCc1nnnn1C1CC1. The quantitative estimate of drug-likeness (QED) is 0.808. The molecule has 1 aliphatic carbocycles. The van der Waals surface area contributed by atoms with E-state index in [0.29, 0.717) is 11.5 Å². The molecule has 1 aromatic rings. The topological polar surface area (TPSA) is 55.6 Å². The van der Waals surface area contributed by atoms with Crippen LogP contribution >= 0.6 is 0 Å². The molecule has 0 aliphatic heterocycles. The second-order valence-corrected chi connectivity index (χ2v) is 5.44. The highest BCUT2D eigenvalue weighted by Gasteiger charge is 2.27. The lowest BCUT2D eigenvalue weighted by atomic mass is 9.97. The fraction of sp³-hybridized carbons (Fsp3) is 0.900. The Kier molecular flexibility index (Phi) is 2.73. The lowest BCUT2D eigenvalue weighted by Gasteiger charge is -2.18. The van der Waals surface area contributed by atoms with Crippen molar-refractivity contribution in [3.05, 3.63) is 5.82 Å². The van der Waals surface area contributed by atoms with Crippen LogP contribution in [0.25, 0.3) is 0 Å². The highest BCUT2D eigenvalue weighted by atomic mass is 15.6. The fourth-order valence-corrected chi connectivity index (χ4v) is 1.48. The van der Waals surface area contributed by atoms with E-state index in [2.05, 4.69) is 41.6 Å². The van der Waals surface area contributed by atoms with Crippen molar-refractivity contribution in [2.75, 3.05) is 6.54 Å². The molecule has 1 N–H and O–H groups in total. The van der Waals surface area contributed by atoms with Crippen LogP contribution < -0.4 is 5.32 Å². The van der Waals surface area contributed by atoms with Gasteiger partial charge in [-0.1, -0.05) is 20.8 Å². The van der Waals surface area contributed by atoms with Crippen molar-refractivity contribution in [1.29, 1.82) is 0 Å². The summed E-state index contributed by atoms with van der Waals surface area (Å²) in [4.78, 5) is 0. The molecule has 0 atom stereocenters. The molecule has 0 saturated heterocycles. The number of tetrazole rings is 1. The van der Waals surface area contributed by atoms with Gasteiger partial charge in [0.1, 0.15) is 0 Å². The summed E-state index contributed by atoms with van der Waals surface area (Å²) in [6, 6.07) is 0.562. The average Bonchev–Trinajstić information content (AvgIpc) is 2.86. The van der Waals surface area contributed by atoms with Crippen molar-refractivity contribution < 1.29 is 0 Å². The summed E-state index contributed by atoms with van der Waals surface area (Å²) in [5.74, 6) is 0.960. The molecule has 0 amide bonds. The van der Waals surface area contributed by atoms with Gasteiger partial charge in [0.15, 0.2) is 5.82 Å². The van der Waals surface area contributed by atoms with Crippen LogP contribution in [0.1, 0.15) is 45.5 Å². The van der Waals surface area contributed by atoms with E-state index in [9.17, 15) is 0 Å². The van der Waals surface area contributed by atoms with Crippen LogP contribution in [0, 0.1) is 5.41 Å². The third kappa shape index (κ3) is 2.99. The normalized spacial score (nSPS) is 17.0. The highest BCUT2D eigenvalue weighted by molar-refractivity contribution is 4.89. The third-order valence-corrected chi connectivity index (χ3v) is 2.39. The van der Waals surface area contributed by atoms with Crippen LogP contribution in [0.2, 0.25) is 0 Å². The van der Waals surface area contributed by atoms with Crippen molar-refractivity contribution in [3.63, 3.8) is 0 Å². The minimum Gasteiger partial charge on any atom is -0.309 e. The summed E-state index contributed by atoms with van der Waals surface area (Å²) in [7, 11) is 0. The number of aromatic nitrogens is 4. The summed E-state index contributed by atoms with van der Waals surface area (Å²) < 4.78 is 1.95. The van der Waals surface area contributed by atoms with E-state index in [1.54, 1.807) is 0 Å². The zero-order valence-corrected chi connectivity index (χ0v) is 9.69. The number of rotatable bonds is 4. The van der Waals surface area contributed by atoms with Crippen LogP contribution in [0.4, 0.5) is 0 Å². The second kappa shape index (κ2) is 3.89. The molecular formula is C10H19N5. The van der Waals surface area contributed by atoms with Crippen molar-refractivity contribution >= 4 is 0 Å². The Labute approximate surface area is 90.2 Å². The van der Waals surface area contributed by atoms with Gasteiger partial charge in [-0.25, -0.2) is 4.68 Å². The predicted octanol–water partition coefficient (Wildman–Crippen LogP) is 1.14. The zero-order valence-electron chi connectivity index (χ0n) is 9.69. The lowest BCUT2D eigenvalue weighted by molar-refractivity contribution is 0.374. The zero-order chi connectivity index (χ0) is 10.9. The van der Waals surface area contributed by atoms with E-state index < -0.39 is 0 Å². The molecule has 0 radical (unpaired) electrons. The van der Waals surface area contributed by atoms with E-state index in [1.165, 1.54) is 12.8 Å². The molecule has 2 rings (SSSR count). The fourth-order valence-electron chi connectivity index (χ4n) is 1.48. The second-order valence-electron chi connectivity index (χ2n) is 5.44. The molecule has 1 fully saturated rings. The minimum atomic E-state index is 0.303. The van der Waals surface area contributed by atoms with Gasteiger partial charge in [-0.15, -0.1) is 5.10 Å². The summed E-state index contributed by atoms with van der Waals surface area (Å²) in [5, 5.41) is 15.2. The predicted molar refractivity (Wildman–Crippen MR) is 57.2 cm³/mol. The Bertz CT molecular complexity index is 321. The monoisotopic (exact) mass is 209 g/mol. The molecule has 0 bridgehead atoms. The van der Waals surface area contributed by atoms with Gasteiger partial charge in [0.05, 0.1) is 12.6 Å². The average molecular weight is 209 g/mol. The van der Waals surface area contributed by atoms with Gasteiger partial charge in [-0.05, 0) is 28.7 Å². The highest BCUT2D eigenvalue weighted by Crippen LogP contribution is 2.34. The maximum absolute atomic E-state index is 4.04. The molecule has 0 spiro atoms. The number of nitrogens with one attached hydrogen (secondary N) is 1. The summed E-state index contributed by atoms with van der Waals surface area (Å²) in [6.07, 6.45) is 2.44. The van der Waals surface area contributed by atoms with Gasteiger partial charge in [-0.2, -0.15) is 0 Å². The van der Waals surface area contributed by atoms with Crippen LogP contribution in [0.15, 0.2) is 0 Å². The summed E-state index contributed by atoms with van der Waals surface area (Å²) in [6.45, 7) is 8.38. The van der Waals surface area contributed by atoms with Gasteiger partial charge >= 0.3 is 0 Å². The first-order valence-corrected chi connectivity index (χ1v) is 5.54. The smallest absolute Gasteiger partial charge is 0.165 e. The van der Waals surface area contributed by atoms with Gasteiger partial charge in [0.2, 0.25) is 0 Å². The van der Waals surface area contributed by atoms with E-state index in [0.717, 1.165) is 18.9 Å². The first kappa shape index (κ1) is 10.5. The van der Waals surface area contributed by atoms with Crippen molar-refractivity contribution in [2.24, 2.45) is 5.41 Å². The van der Waals surface area contributed by atoms with Gasteiger partial charge in [0, 0.05) is 6.54 Å². The molecule has 5 nitrogen and oxygen atoms in total. The summed E-state index contributed by atoms with van der Waals surface area (Å²) >= 11 is 0. The standard InChI is InChI=1S/C10H19N5/c1-10(2,3)7-11-6-9-12-13-14-15(9)8-4-5-8/h8,11H,4-7H2,1-3H3. The van der Waals surface area contributed by atoms with E-state index in [1.807, 2.05) is 4.68 Å². The van der Waals surface area contributed by atoms with Crippen LogP contribution in [-0.2, 0) is 6.54 Å². The molecular weight excluding hydrogens is 190 g/mol. The van der Waals surface area contributed by atoms with E-state index >= 15 is 0 Å². The van der Waals surface area contributed by atoms with Crippen LogP contribution in [0.5, 0.6) is 0 Å². The Hall–Kier alpha value is -0.970. The molecule has 84 valence electrons. The molecule has 5 heteroatoms. The number of nitrogens with zero attached hydrogens (tertiary/aromatic N) is 4. The molecule has 1 aromatic heterocycles. The lowest BCUT2D eigenvalue weighted by Crippen LogP contribution is -2.27. The van der Waals surface area contributed by atoms with Crippen molar-refractivity contribution in [2.45, 2.75) is 46.2 Å². The Balaban J connectivity index is 1.85.